The average Bonchev–Trinajstić information content (AvgIpc) is 2.63. The van der Waals surface area contributed by atoms with Gasteiger partial charge in [0, 0.05) is 16.6 Å². The Kier molecular flexibility index (Phi) is 5.67. The lowest BCUT2D eigenvalue weighted by Crippen LogP contribution is -2.70. The van der Waals surface area contributed by atoms with Crippen molar-refractivity contribution in [1.82, 2.24) is 10.2 Å². The molecule has 0 spiro atoms. The number of β-lactam (4-membered cyclic amide) rings is 1. The molecule has 144 valence electrons. The molecule has 2 aliphatic rings. The number of hydrogen-bond donors (Lipinski definition) is 1. The van der Waals surface area contributed by atoms with Crippen molar-refractivity contribution in [2.75, 3.05) is 11.1 Å². The summed E-state index contributed by atoms with van der Waals surface area (Å²) >= 11 is 4.92. The topological polar surface area (TPSA) is 75.7 Å². The maximum Gasteiger partial charge on any atom is 0.355 e. The van der Waals surface area contributed by atoms with E-state index in [9.17, 15) is 14.4 Å². The van der Waals surface area contributed by atoms with E-state index in [4.69, 9.17) is 4.74 Å². The largest absolute Gasteiger partial charge is 0.455 e. The number of benzene rings is 1. The highest BCUT2D eigenvalue weighted by Crippen LogP contribution is 2.41. The molecule has 1 saturated heterocycles. The second kappa shape index (κ2) is 7.67. The Morgan fingerprint density at radius 1 is 1.30 bits per heavy atom. The van der Waals surface area contributed by atoms with Crippen molar-refractivity contribution < 1.29 is 19.1 Å². The van der Waals surface area contributed by atoms with Crippen LogP contribution in [0, 0.1) is 0 Å². The van der Waals surface area contributed by atoms with E-state index < -0.39 is 17.6 Å². The first-order chi connectivity index (χ1) is 12.7. The Balaban J connectivity index is 1.78. The molecule has 2 atom stereocenters. The van der Waals surface area contributed by atoms with E-state index in [1.54, 1.807) is 45.0 Å². The van der Waals surface area contributed by atoms with E-state index in [2.05, 4.69) is 21.2 Å². The summed E-state index contributed by atoms with van der Waals surface area (Å²) in [5, 5.41) is 2.95. The van der Waals surface area contributed by atoms with E-state index >= 15 is 0 Å². The summed E-state index contributed by atoms with van der Waals surface area (Å²) in [5.41, 5.74) is 0.942. The molecular formula is C19H21BrN2O4S. The normalized spacial score (nSPS) is 22.1. The number of hydrogen-bond acceptors (Lipinski definition) is 5. The number of esters is 1. The predicted octanol–water partition coefficient (Wildman–Crippen LogP) is 2.69. The molecule has 27 heavy (non-hydrogen) atoms. The fraction of sp³-hybridized carbons (Fsp3) is 0.421. The molecule has 0 aliphatic carbocycles. The Bertz CT molecular complexity index is 804. The molecule has 2 amide bonds. The van der Waals surface area contributed by atoms with Gasteiger partial charge in [0.1, 0.15) is 22.7 Å². The van der Waals surface area contributed by atoms with E-state index in [0.717, 1.165) is 5.57 Å². The molecule has 0 bridgehead atoms. The second-order valence-corrected chi connectivity index (χ2v) is 8.98. The number of carbonyl (C=O) groups is 3. The fourth-order valence-electron chi connectivity index (χ4n) is 2.92. The molecule has 1 unspecified atom stereocenters. The van der Waals surface area contributed by atoms with Crippen LogP contribution in [0.2, 0.25) is 0 Å². The molecule has 2 aliphatic heterocycles. The quantitative estimate of drug-likeness (QED) is 0.431. The lowest BCUT2D eigenvalue weighted by atomic mass is 10.0. The number of alkyl halides is 1. The summed E-state index contributed by atoms with van der Waals surface area (Å²) in [7, 11) is 0. The van der Waals surface area contributed by atoms with Gasteiger partial charge in [-0.25, -0.2) is 4.79 Å². The van der Waals surface area contributed by atoms with Crippen molar-refractivity contribution in [3.63, 3.8) is 0 Å². The highest BCUT2D eigenvalue weighted by atomic mass is 79.9. The van der Waals surface area contributed by atoms with Gasteiger partial charge in [-0.15, -0.1) is 11.8 Å². The monoisotopic (exact) mass is 452 g/mol. The average molecular weight is 453 g/mol. The second-order valence-electron chi connectivity index (χ2n) is 7.31. The fourth-order valence-corrected chi connectivity index (χ4v) is 4.99. The number of nitrogens with one attached hydrogen (secondary N) is 1. The van der Waals surface area contributed by atoms with Crippen molar-refractivity contribution in [3.8, 4) is 0 Å². The Hall–Kier alpha value is -1.80. The van der Waals surface area contributed by atoms with Gasteiger partial charge in [-0.3, -0.25) is 14.5 Å². The third kappa shape index (κ3) is 4.06. The summed E-state index contributed by atoms with van der Waals surface area (Å²) in [6.07, 6.45) is 0. The zero-order valence-corrected chi connectivity index (χ0v) is 17.7. The Labute approximate surface area is 170 Å². The van der Waals surface area contributed by atoms with Crippen LogP contribution in [0.4, 0.5) is 0 Å². The zero-order valence-electron chi connectivity index (χ0n) is 15.3. The molecule has 1 fully saturated rings. The number of rotatable bonds is 4. The van der Waals surface area contributed by atoms with Gasteiger partial charge in [0.25, 0.3) is 11.8 Å². The van der Waals surface area contributed by atoms with Crippen molar-refractivity contribution >= 4 is 45.5 Å². The first-order valence-electron chi connectivity index (χ1n) is 8.55. The first kappa shape index (κ1) is 19.9. The van der Waals surface area contributed by atoms with Crippen LogP contribution in [-0.4, -0.2) is 50.8 Å². The van der Waals surface area contributed by atoms with Crippen LogP contribution >= 0.6 is 27.7 Å². The van der Waals surface area contributed by atoms with Crippen LogP contribution in [0.15, 0.2) is 41.6 Å². The van der Waals surface area contributed by atoms with E-state index in [1.807, 2.05) is 6.07 Å². The summed E-state index contributed by atoms with van der Waals surface area (Å²) in [6.45, 7) is 5.36. The Morgan fingerprint density at radius 2 is 1.96 bits per heavy atom. The SMILES string of the molecule is CC(C)(C)OC(=O)C1=C(CBr)CS[C@H]2C(NC(=O)c3ccccc3)C(=O)N12. The molecule has 2 heterocycles. The predicted molar refractivity (Wildman–Crippen MR) is 107 cm³/mol. The molecular weight excluding hydrogens is 432 g/mol. The standard InChI is InChI=1S/C19H21BrN2O4S/c1-19(2,3)26-18(25)14-12(9-20)10-27-17-13(16(24)22(14)17)21-15(23)11-7-5-4-6-8-11/h4-8,13,17H,9-10H2,1-3H3,(H,21,23)/t13?,17-/m0/s1. The number of halogens is 1. The van der Waals surface area contributed by atoms with Crippen molar-refractivity contribution in [2.45, 2.75) is 37.8 Å². The van der Waals surface area contributed by atoms with Crippen LogP contribution in [0.25, 0.3) is 0 Å². The van der Waals surface area contributed by atoms with Gasteiger partial charge in [0.15, 0.2) is 0 Å². The van der Waals surface area contributed by atoms with Crippen LogP contribution in [0.3, 0.4) is 0 Å². The van der Waals surface area contributed by atoms with E-state index in [-0.39, 0.29) is 17.2 Å². The van der Waals surface area contributed by atoms with Crippen molar-refractivity contribution in [1.29, 1.82) is 0 Å². The molecule has 6 nitrogen and oxygen atoms in total. The minimum Gasteiger partial charge on any atom is -0.455 e. The number of carbonyl (C=O) groups excluding carboxylic acids is 3. The van der Waals surface area contributed by atoms with Gasteiger partial charge >= 0.3 is 5.97 Å². The number of amides is 2. The lowest BCUT2D eigenvalue weighted by Gasteiger charge is -2.49. The molecule has 1 aromatic carbocycles. The molecule has 0 aromatic heterocycles. The molecule has 0 radical (unpaired) electrons. The van der Waals surface area contributed by atoms with Crippen molar-refractivity contribution in [3.05, 3.63) is 47.2 Å². The van der Waals surface area contributed by atoms with Gasteiger partial charge < -0.3 is 10.1 Å². The van der Waals surface area contributed by atoms with Crippen LogP contribution in [0.1, 0.15) is 31.1 Å². The highest BCUT2D eigenvalue weighted by Gasteiger charge is 2.54. The summed E-state index contributed by atoms with van der Waals surface area (Å²) in [6, 6.07) is 8.09. The zero-order chi connectivity index (χ0) is 19.8. The first-order valence-corrected chi connectivity index (χ1v) is 10.7. The van der Waals surface area contributed by atoms with Gasteiger partial charge in [-0.1, -0.05) is 34.1 Å². The summed E-state index contributed by atoms with van der Waals surface area (Å²) in [4.78, 5) is 39.3. The third-order valence-electron chi connectivity index (χ3n) is 4.12. The molecule has 1 aromatic rings. The molecule has 1 N–H and O–H groups in total. The summed E-state index contributed by atoms with van der Waals surface area (Å²) in [5.74, 6) is -0.520. The smallest absolute Gasteiger partial charge is 0.355 e. The van der Waals surface area contributed by atoms with Gasteiger partial charge in [0.2, 0.25) is 0 Å². The third-order valence-corrected chi connectivity index (χ3v) is 6.14. The number of thioether (sulfide) groups is 1. The highest BCUT2D eigenvalue weighted by molar-refractivity contribution is 9.09. The maximum atomic E-state index is 12.7. The Morgan fingerprint density at radius 3 is 2.56 bits per heavy atom. The van der Waals surface area contributed by atoms with E-state index in [1.165, 1.54) is 16.7 Å². The minimum absolute atomic E-state index is 0.292. The molecule has 0 saturated carbocycles. The van der Waals surface area contributed by atoms with Gasteiger partial charge in [0.05, 0.1) is 0 Å². The molecule has 8 heteroatoms. The van der Waals surface area contributed by atoms with Crippen LogP contribution < -0.4 is 5.32 Å². The number of ether oxygens (including phenoxy) is 1. The maximum absolute atomic E-state index is 12.7. The molecule has 3 rings (SSSR count). The number of nitrogens with zero attached hydrogens (tertiary/aromatic N) is 1. The summed E-state index contributed by atoms with van der Waals surface area (Å²) < 4.78 is 5.49. The van der Waals surface area contributed by atoms with Crippen LogP contribution in [0.5, 0.6) is 0 Å². The number of fused-ring (bicyclic) bond motifs is 1. The lowest BCUT2D eigenvalue weighted by molar-refractivity contribution is -0.158. The van der Waals surface area contributed by atoms with Gasteiger partial charge in [-0.05, 0) is 38.5 Å². The van der Waals surface area contributed by atoms with Crippen LogP contribution in [-0.2, 0) is 14.3 Å². The van der Waals surface area contributed by atoms with Gasteiger partial charge in [-0.2, -0.15) is 0 Å². The van der Waals surface area contributed by atoms with E-state index in [0.29, 0.717) is 22.3 Å². The minimum atomic E-state index is -0.656. The van der Waals surface area contributed by atoms with Crippen molar-refractivity contribution in [2.24, 2.45) is 0 Å².